The molecule has 1 amide bonds. The molecule has 1 heterocycles. The van der Waals surface area contributed by atoms with Crippen LogP contribution in [0.25, 0.3) is 0 Å². The summed E-state index contributed by atoms with van der Waals surface area (Å²) >= 11 is 0. The maximum absolute atomic E-state index is 12.0. The first kappa shape index (κ1) is 23.4. The van der Waals surface area contributed by atoms with Crippen molar-refractivity contribution in [2.24, 2.45) is 0 Å². The molecule has 1 aromatic carbocycles. The number of carbonyl (C=O) groups is 2. The Labute approximate surface area is 174 Å². The van der Waals surface area contributed by atoms with E-state index in [0.29, 0.717) is 0 Å². The Kier molecular flexibility index (Phi) is 8.83. The van der Waals surface area contributed by atoms with E-state index in [2.05, 4.69) is 21.9 Å². The van der Waals surface area contributed by atoms with Gasteiger partial charge in [0.2, 0.25) is 11.7 Å². The van der Waals surface area contributed by atoms with Crippen molar-refractivity contribution in [1.29, 1.82) is 0 Å². The lowest BCUT2D eigenvalue weighted by molar-refractivity contribution is -0.153. The van der Waals surface area contributed by atoms with Crippen molar-refractivity contribution in [3.8, 4) is 11.8 Å². The first-order chi connectivity index (χ1) is 14.4. The molecule has 4 N–H and O–H groups in total. The largest absolute Gasteiger partial charge is 0.478 e. The molecule has 9 nitrogen and oxygen atoms in total. The van der Waals surface area contributed by atoms with E-state index in [4.69, 9.17) is 14.6 Å². The van der Waals surface area contributed by atoms with Crippen LogP contribution in [-0.2, 0) is 23.8 Å². The van der Waals surface area contributed by atoms with Gasteiger partial charge < -0.3 is 34.8 Å². The van der Waals surface area contributed by atoms with Crippen molar-refractivity contribution >= 4 is 11.9 Å². The fraction of sp³-hybridized carbons (Fsp3) is 0.429. The summed E-state index contributed by atoms with van der Waals surface area (Å²) in [7, 11) is 1.15. The first-order valence-electron chi connectivity index (χ1n) is 9.23. The van der Waals surface area contributed by atoms with E-state index < -0.39 is 48.9 Å². The lowest BCUT2D eigenvalue weighted by atomic mass is 9.93. The second-order valence-electron chi connectivity index (χ2n) is 6.52. The molecule has 0 fully saturated rings. The average Bonchev–Trinajstić information content (AvgIpc) is 2.76. The lowest BCUT2D eigenvalue weighted by Gasteiger charge is -2.39. The second-order valence-corrected chi connectivity index (χ2v) is 6.52. The Balaban J connectivity index is 2.27. The number of aliphatic hydroxyl groups is 3. The van der Waals surface area contributed by atoms with Gasteiger partial charge in [0.25, 0.3) is 0 Å². The van der Waals surface area contributed by atoms with Gasteiger partial charge in [-0.15, -0.1) is 0 Å². The van der Waals surface area contributed by atoms with E-state index in [1.54, 1.807) is 0 Å². The standard InChI is InChI=1S/C21H25NO8/c1-13(24)22-18-16(29-10-6-9-14-7-4-3-5-8-14)11-17(21(27)28-2)30-20(18)19(26)15(25)12-23/h3-5,7-8,11,15-16,18-20,23,25-26H,10,12H2,1-2H3,(H,22,24)/t15-,16+,18-,19-,20-/m1/s1. The van der Waals surface area contributed by atoms with Crippen LogP contribution >= 0.6 is 0 Å². The van der Waals surface area contributed by atoms with Crippen LogP contribution in [0.4, 0.5) is 0 Å². The molecule has 30 heavy (non-hydrogen) atoms. The molecule has 0 saturated carbocycles. The first-order valence-corrected chi connectivity index (χ1v) is 9.23. The molecule has 0 unspecified atom stereocenters. The summed E-state index contributed by atoms with van der Waals surface area (Å²) in [5.74, 6) is 4.23. The number of nitrogens with one attached hydrogen (secondary N) is 1. The number of esters is 1. The summed E-state index contributed by atoms with van der Waals surface area (Å²) < 4.78 is 15.9. The summed E-state index contributed by atoms with van der Waals surface area (Å²) in [6.45, 7) is 0.461. The molecule has 1 aromatic rings. The van der Waals surface area contributed by atoms with E-state index in [1.165, 1.54) is 13.0 Å². The number of methoxy groups -OCH3 is 1. The Morgan fingerprint density at radius 2 is 1.97 bits per heavy atom. The third-order valence-corrected chi connectivity index (χ3v) is 4.32. The Morgan fingerprint density at radius 3 is 2.57 bits per heavy atom. The summed E-state index contributed by atoms with van der Waals surface area (Å²) in [5.41, 5.74) is 0.789. The van der Waals surface area contributed by atoms with Crippen molar-refractivity contribution in [1.82, 2.24) is 5.32 Å². The SMILES string of the molecule is COC(=O)C1=C[C@H](OCC#Cc2ccccc2)[C@@H](NC(C)=O)[C@H]([C@H](O)[C@H](O)CO)O1. The van der Waals surface area contributed by atoms with Gasteiger partial charge in [0.15, 0.2) is 6.10 Å². The van der Waals surface area contributed by atoms with Gasteiger partial charge in [0, 0.05) is 12.5 Å². The maximum atomic E-state index is 12.0. The zero-order valence-electron chi connectivity index (χ0n) is 16.6. The fourth-order valence-electron chi connectivity index (χ4n) is 2.87. The topological polar surface area (TPSA) is 135 Å². The van der Waals surface area contributed by atoms with Crippen LogP contribution in [0.3, 0.4) is 0 Å². The number of ether oxygens (including phenoxy) is 3. The predicted octanol–water partition coefficient (Wildman–Crippen LogP) is -0.902. The Morgan fingerprint density at radius 1 is 1.27 bits per heavy atom. The number of amides is 1. The van der Waals surface area contributed by atoms with Crippen LogP contribution in [0, 0.1) is 11.8 Å². The molecule has 162 valence electrons. The minimum Gasteiger partial charge on any atom is -0.478 e. The van der Waals surface area contributed by atoms with Gasteiger partial charge in [0.05, 0.1) is 19.8 Å². The summed E-state index contributed by atoms with van der Waals surface area (Å²) in [6.07, 6.45) is -4.09. The molecule has 0 aromatic heterocycles. The third-order valence-electron chi connectivity index (χ3n) is 4.32. The normalized spacial score (nSPS) is 22.4. The molecule has 0 aliphatic carbocycles. The summed E-state index contributed by atoms with van der Waals surface area (Å²) in [6, 6.07) is 8.26. The van der Waals surface area contributed by atoms with Gasteiger partial charge >= 0.3 is 5.97 Å². The van der Waals surface area contributed by atoms with Crippen LogP contribution in [0.5, 0.6) is 0 Å². The minimum atomic E-state index is -1.62. The highest BCUT2D eigenvalue weighted by molar-refractivity contribution is 5.86. The minimum absolute atomic E-state index is 0.0496. The Bertz CT molecular complexity index is 813. The van der Waals surface area contributed by atoms with Gasteiger partial charge in [-0.05, 0) is 18.2 Å². The molecule has 9 heteroatoms. The van der Waals surface area contributed by atoms with E-state index in [-0.39, 0.29) is 12.4 Å². The van der Waals surface area contributed by atoms with Gasteiger partial charge in [-0.25, -0.2) is 4.79 Å². The van der Waals surface area contributed by atoms with Crippen LogP contribution in [0.1, 0.15) is 12.5 Å². The van der Waals surface area contributed by atoms with Gasteiger partial charge in [-0.1, -0.05) is 30.0 Å². The second kappa shape index (κ2) is 11.3. The molecule has 2 rings (SSSR count). The van der Waals surface area contributed by atoms with E-state index >= 15 is 0 Å². The monoisotopic (exact) mass is 419 g/mol. The fourth-order valence-corrected chi connectivity index (χ4v) is 2.87. The molecule has 0 saturated heterocycles. The highest BCUT2D eigenvalue weighted by Crippen LogP contribution is 2.25. The van der Waals surface area contributed by atoms with Gasteiger partial charge in [-0.3, -0.25) is 4.79 Å². The number of hydrogen-bond acceptors (Lipinski definition) is 8. The number of aliphatic hydroxyl groups excluding tert-OH is 3. The lowest BCUT2D eigenvalue weighted by Crippen LogP contribution is -2.60. The zero-order valence-corrected chi connectivity index (χ0v) is 16.6. The molecule has 0 radical (unpaired) electrons. The molecule has 1 aliphatic rings. The number of hydrogen-bond donors (Lipinski definition) is 4. The number of benzene rings is 1. The van der Waals surface area contributed by atoms with Crippen LogP contribution in [0.2, 0.25) is 0 Å². The summed E-state index contributed by atoms with van der Waals surface area (Å²) in [5, 5.41) is 32.0. The maximum Gasteiger partial charge on any atom is 0.373 e. The van der Waals surface area contributed by atoms with Crippen LogP contribution in [0.15, 0.2) is 42.2 Å². The highest BCUT2D eigenvalue weighted by Gasteiger charge is 2.44. The Hall–Kier alpha value is -2.90. The van der Waals surface area contributed by atoms with Crippen molar-refractivity contribution in [3.05, 3.63) is 47.7 Å². The quantitative estimate of drug-likeness (QED) is 0.330. The van der Waals surface area contributed by atoms with E-state index in [9.17, 15) is 19.8 Å². The van der Waals surface area contributed by atoms with Crippen LogP contribution in [-0.4, -0.2) is 78.0 Å². The van der Waals surface area contributed by atoms with E-state index in [0.717, 1.165) is 12.7 Å². The van der Waals surface area contributed by atoms with Crippen molar-refractivity contribution in [2.45, 2.75) is 37.4 Å². The zero-order chi connectivity index (χ0) is 22.1. The number of rotatable bonds is 7. The molecule has 5 atom stereocenters. The predicted molar refractivity (Wildman–Crippen MR) is 105 cm³/mol. The smallest absolute Gasteiger partial charge is 0.373 e. The van der Waals surface area contributed by atoms with Crippen LogP contribution < -0.4 is 5.32 Å². The van der Waals surface area contributed by atoms with Gasteiger partial charge in [-0.2, -0.15) is 0 Å². The molecule has 0 bridgehead atoms. The molecular weight excluding hydrogens is 394 g/mol. The van der Waals surface area contributed by atoms with Crippen molar-refractivity contribution in [3.63, 3.8) is 0 Å². The van der Waals surface area contributed by atoms with Crippen molar-refractivity contribution < 1.29 is 39.1 Å². The van der Waals surface area contributed by atoms with Crippen molar-refractivity contribution in [2.75, 3.05) is 20.3 Å². The summed E-state index contributed by atoms with van der Waals surface area (Å²) in [4.78, 5) is 23.7. The third kappa shape index (κ3) is 6.30. The van der Waals surface area contributed by atoms with E-state index in [1.807, 2.05) is 30.3 Å². The highest BCUT2D eigenvalue weighted by atomic mass is 16.6. The number of carbonyl (C=O) groups excluding carboxylic acids is 2. The van der Waals surface area contributed by atoms with Gasteiger partial charge in [0.1, 0.15) is 24.9 Å². The molecular formula is C21H25NO8. The molecule has 0 spiro atoms. The average molecular weight is 419 g/mol. The molecule has 1 aliphatic heterocycles.